The molecular formula is C14H20N4O2S. The van der Waals surface area contributed by atoms with Crippen molar-refractivity contribution in [1.29, 1.82) is 0 Å². The molecule has 2 aromatic heterocycles. The highest BCUT2D eigenvalue weighted by Gasteiger charge is 2.21. The monoisotopic (exact) mass is 308 g/mol. The number of likely N-dealkylation sites (tertiary alicyclic amines) is 1. The summed E-state index contributed by atoms with van der Waals surface area (Å²) < 4.78 is 7.43. The van der Waals surface area contributed by atoms with Crippen molar-refractivity contribution in [2.45, 2.75) is 32.4 Å². The van der Waals surface area contributed by atoms with E-state index in [4.69, 9.17) is 4.74 Å². The normalized spacial score (nSPS) is 16.6. The van der Waals surface area contributed by atoms with Gasteiger partial charge in [-0.25, -0.2) is 0 Å². The Morgan fingerprint density at radius 2 is 2.29 bits per heavy atom. The van der Waals surface area contributed by atoms with E-state index < -0.39 is 0 Å². The van der Waals surface area contributed by atoms with Crippen LogP contribution in [0, 0.1) is 0 Å². The average molecular weight is 308 g/mol. The fraction of sp³-hybridized carbons (Fsp3) is 0.571. The van der Waals surface area contributed by atoms with E-state index in [9.17, 15) is 4.79 Å². The van der Waals surface area contributed by atoms with Crippen molar-refractivity contribution in [2.24, 2.45) is 0 Å². The van der Waals surface area contributed by atoms with Crippen LogP contribution in [0.4, 0.5) is 0 Å². The molecule has 1 aliphatic heterocycles. The number of thiazole rings is 1. The zero-order chi connectivity index (χ0) is 14.8. The minimum absolute atomic E-state index is 0.172. The van der Waals surface area contributed by atoms with Crippen molar-refractivity contribution in [3.05, 3.63) is 17.3 Å². The van der Waals surface area contributed by atoms with Crippen LogP contribution in [0.3, 0.4) is 0 Å². The number of imidazole rings is 1. The van der Waals surface area contributed by atoms with Gasteiger partial charge in [0.25, 0.3) is 0 Å². The van der Waals surface area contributed by atoms with Crippen LogP contribution in [-0.2, 0) is 11.3 Å². The van der Waals surface area contributed by atoms with E-state index in [1.165, 1.54) is 0 Å². The maximum Gasteiger partial charge on any atom is 0.237 e. The molecule has 114 valence electrons. The van der Waals surface area contributed by atoms with E-state index >= 15 is 0 Å². The Labute approximate surface area is 127 Å². The molecule has 1 amide bonds. The highest BCUT2D eigenvalue weighted by molar-refractivity contribution is 7.15. The third kappa shape index (κ3) is 2.89. The number of fused-ring (bicyclic) bond motifs is 1. The van der Waals surface area contributed by atoms with Crippen LogP contribution in [0.5, 0.6) is 5.88 Å². The Hall–Kier alpha value is -1.60. The van der Waals surface area contributed by atoms with E-state index in [1.54, 1.807) is 25.4 Å². The lowest BCUT2D eigenvalue weighted by Gasteiger charge is -2.31. The fourth-order valence-corrected chi connectivity index (χ4v) is 3.50. The first-order valence-electron chi connectivity index (χ1n) is 7.16. The average Bonchev–Trinajstić information content (AvgIpc) is 3.06. The SMILES string of the molecule is COc1nc2sccn2c1CNC1CCN(C(C)=O)CC1. The number of nitrogens with one attached hydrogen (secondary N) is 1. The molecule has 0 spiro atoms. The Morgan fingerprint density at radius 3 is 2.95 bits per heavy atom. The first-order valence-corrected chi connectivity index (χ1v) is 8.04. The molecule has 0 aromatic carbocycles. The van der Waals surface area contributed by atoms with E-state index in [1.807, 2.05) is 16.5 Å². The number of nitrogens with zero attached hydrogens (tertiary/aromatic N) is 3. The molecule has 21 heavy (non-hydrogen) atoms. The van der Waals surface area contributed by atoms with Gasteiger partial charge in [0.1, 0.15) is 5.69 Å². The summed E-state index contributed by atoms with van der Waals surface area (Å²) in [7, 11) is 1.65. The predicted octanol–water partition coefficient (Wildman–Crippen LogP) is 1.50. The molecule has 0 radical (unpaired) electrons. The van der Waals surface area contributed by atoms with Crippen LogP contribution in [0.1, 0.15) is 25.5 Å². The van der Waals surface area contributed by atoms with Gasteiger partial charge in [0, 0.05) is 44.2 Å². The molecule has 0 saturated carbocycles. The molecule has 2 aromatic rings. The second-order valence-electron chi connectivity index (χ2n) is 5.28. The maximum absolute atomic E-state index is 11.3. The van der Waals surface area contributed by atoms with Gasteiger partial charge in [-0.05, 0) is 12.8 Å². The number of hydrogen-bond donors (Lipinski definition) is 1. The number of carbonyl (C=O) groups is 1. The highest BCUT2D eigenvalue weighted by Crippen LogP contribution is 2.23. The number of carbonyl (C=O) groups excluding carboxylic acids is 1. The molecule has 3 rings (SSSR count). The van der Waals surface area contributed by atoms with Crippen molar-refractivity contribution >= 4 is 22.2 Å². The van der Waals surface area contributed by atoms with Crippen LogP contribution in [0.25, 0.3) is 4.96 Å². The summed E-state index contributed by atoms with van der Waals surface area (Å²) in [6.07, 6.45) is 4.01. The second kappa shape index (κ2) is 6.03. The first-order chi connectivity index (χ1) is 10.2. The second-order valence-corrected chi connectivity index (χ2v) is 6.16. The molecule has 6 nitrogen and oxygen atoms in total. The summed E-state index contributed by atoms with van der Waals surface area (Å²) in [5.74, 6) is 0.862. The standard InChI is InChI=1S/C14H20N4O2S/c1-10(19)17-5-3-11(4-6-17)15-9-12-13(20-2)16-14-18(12)7-8-21-14/h7-8,11,15H,3-6,9H2,1-2H3. The molecule has 1 saturated heterocycles. The third-order valence-corrected chi connectivity index (χ3v) is 4.77. The third-order valence-electron chi connectivity index (χ3n) is 4.02. The summed E-state index contributed by atoms with van der Waals surface area (Å²) in [5, 5.41) is 5.59. The smallest absolute Gasteiger partial charge is 0.237 e. The lowest BCUT2D eigenvalue weighted by Crippen LogP contribution is -2.44. The van der Waals surface area contributed by atoms with E-state index in [2.05, 4.69) is 14.7 Å². The molecule has 0 bridgehead atoms. The summed E-state index contributed by atoms with van der Waals surface area (Å²) in [4.78, 5) is 18.7. The summed E-state index contributed by atoms with van der Waals surface area (Å²) in [6.45, 7) is 4.04. The summed E-state index contributed by atoms with van der Waals surface area (Å²) in [5.41, 5.74) is 1.06. The minimum Gasteiger partial charge on any atom is -0.480 e. The van der Waals surface area contributed by atoms with E-state index in [0.29, 0.717) is 11.9 Å². The Balaban J connectivity index is 1.62. The van der Waals surface area contributed by atoms with Crippen LogP contribution < -0.4 is 10.1 Å². The zero-order valence-corrected chi connectivity index (χ0v) is 13.2. The van der Waals surface area contributed by atoms with Crippen LogP contribution in [0.2, 0.25) is 0 Å². The van der Waals surface area contributed by atoms with Gasteiger partial charge in [0.2, 0.25) is 11.8 Å². The van der Waals surface area contributed by atoms with E-state index in [0.717, 1.165) is 43.1 Å². The van der Waals surface area contributed by atoms with Gasteiger partial charge >= 0.3 is 0 Å². The van der Waals surface area contributed by atoms with Crippen molar-refractivity contribution in [1.82, 2.24) is 19.6 Å². The number of hydrogen-bond acceptors (Lipinski definition) is 5. The maximum atomic E-state index is 11.3. The zero-order valence-electron chi connectivity index (χ0n) is 12.3. The first kappa shape index (κ1) is 14.3. The Bertz CT molecular complexity index is 628. The van der Waals surface area contributed by atoms with Gasteiger partial charge in [-0.2, -0.15) is 4.98 Å². The van der Waals surface area contributed by atoms with Crippen molar-refractivity contribution in [3.8, 4) is 5.88 Å². The summed E-state index contributed by atoms with van der Waals surface area (Å²) >= 11 is 1.60. The Kier molecular flexibility index (Phi) is 4.12. The predicted molar refractivity (Wildman–Crippen MR) is 81.7 cm³/mol. The summed E-state index contributed by atoms with van der Waals surface area (Å²) in [6, 6.07) is 0.439. The van der Waals surface area contributed by atoms with Gasteiger partial charge in [-0.3, -0.25) is 9.20 Å². The molecule has 1 N–H and O–H groups in total. The minimum atomic E-state index is 0.172. The molecule has 0 aliphatic carbocycles. The lowest BCUT2D eigenvalue weighted by atomic mass is 10.1. The number of ether oxygens (including phenoxy) is 1. The number of amides is 1. The molecule has 7 heteroatoms. The Morgan fingerprint density at radius 1 is 1.52 bits per heavy atom. The van der Waals surface area contributed by atoms with Crippen molar-refractivity contribution in [3.63, 3.8) is 0 Å². The van der Waals surface area contributed by atoms with Crippen molar-refractivity contribution < 1.29 is 9.53 Å². The molecule has 1 aliphatic rings. The van der Waals surface area contributed by atoms with Crippen LogP contribution in [0.15, 0.2) is 11.6 Å². The topological polar surface area (TPSA) is 58.9 Å². The molecule has 3 heterocycles. The number of aromatic nitrogens is 2. The van der Waals surface area contributed by atoms with Gasteiger partial charge in [0.15, 0.2) is 4.96 Å². The number of methoxy groups -OCH3 is 1. The van der Waals surface area contributed by atoms with Gasteiger partial charge < -0.3 is 15.0 Å². The molecular weight excluding hydrogens is 288 g/mol. The van der Waals surface area contributed by atoms with Gasteiger partial charge in [0.05, 0.1) is 7.11 Å². The number of piperidine rings is 1. The van der Waals surface area contributed by atoms with Crippen LogP contribution >= 0.6 is 11.3 Å². The highest BCUT2D eigenvalue weighted by atomic mass is 32.1. The lowest BCUT2D eigenvalue weighted by molar-refractivity contribution is -0.129. The van der Waals surface area contributed by atoms with Gasteiger partial charge in [-0.15, -0.1) is 11.3 Å². The van der Waals surface area contributed by atoms with E-state index in [-0.39, 0.29) is 5.91 Å². The molecule has 0 atom stereocenters. The molecule has 1 fully saturated rings. The van der Waals surface area contributed by atoms with Gasteiger partial charge in [-0.1, -0.05) is 0 Å². The van der Waals surface area contributed by atoms with Crippen LogP contribution in [-0.4, -0.2) is 46.4 Å². The quantitative estimate of drug-likeness (QED) is 0.930. The largest absolute Gasteiger partial charge is 0.480 e. The number of rotatable bonds is 4. The van der Waals surface area contributed by atoms with Crippen molar-refractivity contribution in [2.75, 3.05) is 20.2 Å². The molecule has 0 unspecified atom stereocenters. The fourth-order valence-electron chi connectivity index (χ4n) is 2.78.